The molecule has 2 aliphatic heterocycles. The second kappa shape index (κ2) is 10.0. The van der Waals surface area contributed by atoms with Crippen molar-refractivity contribution in [3.05, 3.63) is 96.1 Å². The van der Waals surface area contributed by atoms with E-state index in [2.05, 4.69) is 34.1 Å². The van der Waals surface area contributed by atoms with Crippen LogP contribution in [-0.2, 0) is 9.84 Å². The molecule has 1 saturated heterocycles. The zero-order valence-corrected chi connectivity index (χ0v) is 21.9. The van der Waals surface area contributed by atoms with E-state index in [4.69, 9.17) is 0 Å². The van der Waals surface area contributed by atoms with Gasteiger partial charge in [0, 0.05) is 44.0 Å². The van der Waals surface area contributed by atoms with Crippen LogP contribution in [0.4, 0.5) is 5.69 Å². The van der Waals surface area contributed by atoms with Crippen molar-refractivity contribution in [2.75, 3.05) is 37.6 Å². The highest BCUT2D eigenvalue weighted by Crippen LogP contribution is 2.67. The molecule has 2 unspecified atom stereocenters. The molecule has 190 valence electrons. The molecule has 2 aliphatic rings. The molecule has 0 spiro atoms. The van der Waals surface area contributed by atoms with Gasteiger partial charge in [-0.05, 0) is 36.8 Å². The normalized spacial score (nSPS) is 23.0. The molecule has 2 heterocycles. The number of hydrogen-bond acceptors (Lipinski definition) is 6. The summed E-state index contributed by atoms with van der Waals surface area (Å²) in [5.41, 5.74) is 2.52. The SMILES string of the molecule is CC1C(S(=O)(=O)c2ccccc2)c2c(N3CCN(CC=Cc4ccccc4)CC3)cccc2S1(O)O. The van der Waals surface area contributed by atoms with Gasteiger partial charge in [-0.1, -0.05) is 66.7 Å². The molecule has 1 fully saturated rings. The summed E-state index contributed by atoms with van der Waals surface area (Å²) in [7, 11) is -7.09. The fourth-order valence-corrected chi connectivity index (χ4v) is 9.79. The molecule has 0 radical (unpaired) electrons. The summed E-state index contributed by atoms with van der Waals surface area (Å²) in [6.45, 7) is 5.64. The molecule has 0 amide bonds. The van der Waals surface area contributed by atoms with E-state index in [1.807, 2.05) is 30.3 Å². The third-order valence-corrected chi connectivity index (χ3v) is 11.9. The van der Waals surface area contributed by atoms with E-state index in [0.717, 1.165) is 38.4 Å². The Hall–Kier alpha value is -2.62. The van der Waals surface area contributed by atoms with E-state index >= 15 is 0 Å². The molecular formula is C28H32N2O4S2. The number of nitrogens with zero attached hydrogens (tertiary/aromatic N) is 2. The van der Waals surface area contributed by atoms with Crippen LogP contribution in [-0.4, -0.2) is 60.4 Å². The van der Waals surface area contributed by atoms with Gasteiger partial charge in [0.25, 0.3) is 0 Å². The predicted octanol–water partition coefficient (Wildman–Crippen LogP) is 5.55. The van der Waals surface area contributed by atoms with Gasteiger partial charge in [0.15, 0.2) is 9.84 Å². The van der Waals surface area contributed by atoms with Crippen LogP contribution >= 0.6 is 10.6 Å². The summed E-state index contributed by atoms with van der Waals surface area (Å²) < 4.78 is 49.7. The first-order valence-electron chi connectivity index (χ1n) is 12.2. The molecule has 3 aromatic carbocycles. The molecule has 36 heavy (non-hydrogen) atoms. The maximum absolute atomic E-state index is 13.8. The number of piperazine rings is 1. The van der Waals surface area contributed by atoms with Crippen molar-refractivity contribution in [2.24, 2.45) is 0 Å². The summed E-state index contributed by atoms with van der Waals surface area (Å²) in [5, 5.41) is -1.84. The number of rotatable bonds is 6. The smallest absolute Gasteiger partial charge is 0.187 e. The van der Waals surface area contributed by atoms with Gasteiger partial charge >= 0.3 is 0 Å². The zero-order valence-electron chi connectivity index (χ0n) is 20.3. The van der Waals surface area contributed by atoms with Crippen LogP contribution in [0.25, 0.3) is 6.08 Å². The molecule has 0 saturated carbocycles. The maximum Gasteiger partial charge on any atom is 0.187 e. The van der Waals surface area contributed by atoms with Crippen LogP contribution in [0.2, 0.25) is 0 Å². The van der Waals surface area contributed by atoms with Crippen molar-refractivity contribution < 1.29 is 17.5 Å². The topological polar surface area (TPSA) is 81.1 Å². The molecule has 2 N–H and O–H groups in total. The van der Waals surface area contributed by atoms with E-state index in [0.29, 0.717) is 10.5 Å². The lowest BCUT2D eigenvalue weighted by molar-refractivity contribution is 0.284. The summed E-state index contributed by atoms with van der Waals surface area (Å²) in [5.74, 6) is 0. The van der Waals surface area contributed by atoms with Crippen LogP contribution in [0.3, 0.4) is 0 Å². The molecule has 3 aromatic rings. The zero-order chi connectivity index (χ0) is 25.3. The highest BCUT2D eigenvalue weighted by molar-refractivity contribution is 8.25. The van der Waals surface area contributed by atoms with Crippen LogP contribution in [0, 0.1) is 0 Å². The lowest BCUT2D eigenvalue weighted by atomic mass is 10.1. The molecule has 0 aliphatic carbocycles. The molecular weight excluding hydrogens is 492 g/mol. The van der Waals surface area contributed by atoms with Crippen molar-refractivity contribution in [3.8, 4) is 0 Å². The van der Waals surface area contributed by atoms with Crippen molar-refractivity contribution in [3.63, 3.8) is 0 Å². The average molecular weight is 525 g/mol. The molecule has 0 bridgehead atoms. The van der Waals surface area contributed by atoms with Crippen molar-refractivity contribution in [1.82, 2.24) is 4.90 Å². The predicted molar refractivity (Wildman–Crippen MR) is 148 cm³/mol. The van der Waals surface area contributed by atoms with Crippen molar-refractivity contribution in [1.29, 1.82) is 0 Å². The highest BCUT2D eigenvalue weighted by atomic mass is 32.3. The van der Waals surface area contributed by atoms with E-state index in [9.17, 15) is 17.5 Å². The first-order valence-corrected chi connectivity index (χ1v) is 15.3. The standard InChI is InChI=1S/C28H32N2O4S2/c1-22-28(36(33,34)24-13-6-3-7-14-24)27-25(15-8-16-26(27)35(22,31)32)30-20-18-29(19-21-30)17-9-12-23-10-4-2-5-11-23/h2-16,22,28,31-32H,17-21H2,1H3. The summed E-state index contributed by atoms with van der Waals surface area (Å²) >= 11 is 0. The Morgan fingerprint density at radius 1 is 0.889 bits per heavy atom. The Morgan fingerprint density at radius 2 is 1.53 bits per heavy atom. The number of anilines is 1. The van der Waals surface area contributed by atoms with E-state index < -0.39 is 30.9 Å². The number of hydrogen-bond donors (Lipinski definition) is 2. The first-order chi connectivity index (χ1) is 17.3. The molecule has 5 rings (SSSR count). The van der Waals surface area contributed by atoms with Gasteiger partial charge in [-0.15, -0.1) is 0 Å². The Balaban J connectivity index is 1.39. The molecule has 2 atom stereocenters. The van der Waals surface area contributed by atoms with Crippen LogP contribution < -0.4 is 4.90 Å². The van der Waals surface area contributed by atoms with Crippen LogP contribution in [0.15, 0.2) is 94.7 Å². The minimum atomic E-state index is -3.83. The third kappa shape index (κ3) is 4.60. The van der Waals surface area contributed by atoms with Crippen LogP contribution in [0.1, 0.15) is 23.3 Å². The van der Waals surface area contributed by atoms with E-state index in [1.54, 1.807) is 43.3 Å². The van der Waals surface area contributed by atoms with Gasteiger partial charge in [-0.3, -0.25) is 14.0 Å². The van der Waals surface area contributed by atoms with E-state index in [-0.39, 0.29) is 4.90 Å². The van der Waals surface area contributed by atoms with Gasteiger partial charge in [0.1, 0.15) is 5.25 Å². The number of sulfone groups is 1. The summed E-state index contributed by atoms with van der Waals surface area (Å²) in [6.07, 6.45) is 4.30. The maximum atomic E-state index is 13.8. The average Bonchev–Trinajstić information content (AvgIpc) is 3.11. The first kappa shape index (κ1) is 25.0. The number of benzene rings is 3. The van der Waals surface area contributed by atoms with Gasteiger partial charge in [0.2, 0.25) is 0 Å². The minimum absolute atomic E-state index is 0.203. The third-order valence-electron chi connectivity index (χ3n) is 7.19. The van der Waals surface area contributed by atoms with Crippen molar-refractivity contribution in [2.45, 2.75) is 27.2 Å². The van der Waals surface area contributed by atoms with Gasteiger partial charge in [-0.2, -0.15) is 10.6 Å². The van der Waals surface area contributed by atoms with E-state index in [1.165, 1.54) is 5.56 Å². The Morgan fingerprint density at radius 3 is 2.19 bits per heavy atom. The van der Waals surface area contributed by atoms with Crippen LogP contribution in [0.5, 0.6) is 0 Å². The van der Waals surface area contributed by atoms with Gasteiger partial charge < -0.3 is 4.90 Å². The lowest BCUT2D eigenvalue weighted by Crippen LogP contribution is -2.46. The van der Waals surface area contributed by atoms with Gasteiger partial charge in [-0.25, -0.2) is 8.42 Å². The fraction of sp³-hybridized carbons (Fsp3) is 0.286. The highest BCUT2D eigenvalue weighted by Gasteiger charge is 2.50. The Labute approximate surface area is 215 Å². The van der Waals surface area contributed by atoms with Crippen molar-refractivity contribution >= 4 is 32.2 Å². The second-order valence-electron chi connectivity index (χ2n) is 9.37. The lowest BCUT2D eigenvalue weighted by Gasteiger charge is -2.37. The second-order valence-corrected chi connectivity index (χ2v) is 13.8. The molecule has 6 nitrogen and oxygen atoms in total. The molecule has 8 heteroatoms. The summed E-state index contributed by atoms with van der Waals surface area (Å²) in [4.78, 5) is 5.13. The van der Waals surface area contributed by atoms with Gasteiger partial charge in [0.05, 0.1) is 15.0 Å². The number of fused-ring (bicyclic) bond motifs is 1. The molecule has 0 aromatic heterocycles. The Kier molecular flexibility index (Phi) is 6.98. The fourth-order valence-electron chi connectivity index (χ4n) is 5.20. The minimum Gasteiger partial charge on any atom is -0.369 e. The Bertz CT molecular complexity index is 1340. The summed E-state index contributed by atoms with van der Waals surface area (Å²) in [6, 6.07) is 24.0. The monoisotopic (exact) mass is 524 g/mol. The quantitative estimate of drug-likeness (QED) is 0.440. The largest absolute Gasteiger partial charge is 0.369 e.